The van der Waals surface area contributed by atoms with Gasteiger partial charge in [-0.05, 0) is 36.1 Å². The predicted octanol–water partition coefficient (Wildman–Crippen LogP) is 3.75. The van der Waals surface area contributed by atoms with Crippen molar-refractivity contribution in [3.63, 3.8) is 0 Å². The number of carbonyl (C=O) groups is 1. The van der Waals surface area contributed by atoms with Crippen LogP contribution in [0.25, 0.3) is 22.2 Å². The fourth-order valence-electron chi connectivity index (χ4n) is 4.47. The molecule has 1 atom stereocenters. The molecule has 1 saturated carbocycles. The van der Waals surface area contributed by atoms with Gasteiger partial charge in [-0.3, -0.25) is 4.79 Å². The SMILES string of the molecule is O=C(Cc1ccc(-c2cnc3nn4c(c3c2)OC(CO)C4)cc1F)Nc1cc(C2(C(F)(F)F)CC2)on1. The number of alkyl halides is 3. The molecule has 4 aromatic rings. The Morgan fingerprint density at radius 3 is 2.73 bits per heavy atom. The second kappa shape index (κ2) is 8.26. The van der Waals surface area contributed by atoms with Crippen LogP contribution in [-0.4, -0.2) is 49.8 Å². The zero-order valence-corrected chi connectivity index (χ0v) is 19.0. The van der Waals surface area contributed by atoms with Gasteiger partial charge in [0.15, 0.2) is 17.2 Å². The van der Waals surface area contributed by atoms with E-state index in [-0.39, 0.29) is 49.1 Å². The number of ether oxygens (including phenoxy) is 1. The third-order valence-corrected chi connectivity index (χ3v) is 6.68. The zero-order chi connectivity index (χ0) is 25.9. The van der Waals surface area contributed by atoms with Crippen molar-refractivity contribution in [1.82, 2.24) is 19.9 Å². The summed E-state index contributed by atoms with van der Waals surface area (Å²) >= 11 is 0. The molecule has 0 spiro atoms. The lowest BCUT2D eigenvalue weighted by Gasteiger charge is -2.14. The summed E-state index contributed by atoms with van der Waals surface area (Å²) in [6.45, 7) is 0.256. The average molecular weight is 517 g/mol. The van der Waals surface area contributed by atoms with E-state index in [1.165, 1.54) is 12.1 Å². The molecule has 0 bridgehead atoms. The van der Waals surface area contributed by atoms with Crippen LogP contribution in [0.1, 0.15) is 24.2 Å². The Hall–Kier alpha value is -4.00. The van der Waals surface area contributed by atoms with Gasteiger partial charge >= 0.3 is 6.18 Å². The van der Waals surface area contributed by atoms with Crippen molar-refractivity contribution in [2.45, 2.75) is 43.5 Å². The molecule has 2 aliphatic rings. The van der Waals surface area contributed by atoms with E-state index in [4.69, 9.17) is 9.26 Å². The molecule has 13 heteroatoms. The third-order valence-electron chi connectivity index (χ3n) is 6.68. The number of pyridine rings is 1. The number of halogens is 4. The summed E-state index contributed by atoms with van der Waals surface area (Å²) < 4.78 is 66.8. The lowest BCUT2D eigenvalue weighted by atomic mass is 10.0. The number of aliphatic hydroxyl groups is 1. The Balaban J connectivity index is 1.16. The van der Waals surface area contributed by atoms with Gasteiger partial charge < -0.3 is 19.7 Å². The van der Waals surface area contributed by atoms with Crippen molar-refractivity contribution in [2.75, 3.05) is 11.9 Å². The van der Waals surface area contributed by atoms with Crippen LogP contribution in [0.5, 0.6) is 5.88 Å². The number of aliphatic hydroxyl groups excluding tert-OH is 1. The molecule has 1 aromatic carbocycles. The molecule has 1 aliphatic carbocycles. The lowest BCUT2D eigenvalue weighted by molar-refractivity contribution is -0.165. The Bertz CT molecular complexity index is 1530. The number of fused-ring (bicyclic) bond motifs is 3. The molecule has 2 N–H and O–H groups in total. The number of hydrogen-bond donors (Lipinski definition) is 2. The fourth-order valence-corrected chi connectivity index (χ4v) is 4.47. The number of rotatable bonds is 6. The maximum atomic E-state index is 14.9. The molecular formula is C24H19F4N5O4. The van der Waals surface area contributed by atoms with Gasteiger partial charge in [0.05, 0.1) is 25.0 Å². The van der Waals surface area contributed by atoms with Crippen molar-refractivity contribution in [1.29, 1.82) is 0 Å². The quantitative estimate of drug-likeness (QED) is 0.375. The second-order valence-corrected chi connectivity index (χ2v) is 9.19. The van der Waals surface area contributed by atoms with Crippen LogP contribution in [0.15, 0.2) is 41.1 Å². The van der Waals surface area contributed by atoms with E-state index in [9.17, 15) is 27.5 Å². The molecule has 0 saturated heterocycles. The summed E-state index contributed by atoms with van der Waals surface area (Å²) in [7, 11) is 0. The normalized spacial score (nSPS) is 18.0. The van der Waals surface area contributed by atoms with E-state index < -0.39 is 23.3 Å². The maximum Gasteiger partial charge on any atom is 0.401 e. The van der Waals surface area contributed by atoms with Gasteiger partial charge in [0, 0.05) is 17.8 Å². The third kappa shape index (κ3) is 3.99. The standard InChI is InChI=1S/C24H19F4N5O4/c25-17-6-12(14-5-16-21(29-9-14)31-33-10-15(11-34)36-22(16)33)1-2-13(17)7-20(35)30-19-8-18(37-32-19)23(3-4-23)24(26,27)28/h1-2,5-6,8-9,15,34H,3-4,7,10-11H2,(H,30,32,35). The molecule has 1 fully saturated rings. The van der Waals surface area contributed by atoms with Gasteiger partial charge in [-0.15, -0.1) is 5.10 Å². The minimum absolute atomic E-state index is 0.0912. The van der Waals surface area contributed by atoms with Gasteiger partial charge in [-0.25, -0.2) is 14.1 Å². The molecule has 9 nitrogen and oxygen atoms in total. The molecule has 1 amide bonds. The number of carbonyl (C=O) groups excluding carboxylic acids is 1. The largest absolute Gasteiger partial charge is 0.470 e. The van der Waals surface area contributed by atoms with Gasteiger partial charge in [0.25, 0.3) is 0 Å². The van der Waals surface area contributed by atoms with Crippen LogP contribution >= 0.6 is 0 Å². The first kappa shape index (κ1) is 23.4. The summed E-state index contributed by atoms with van der Waals surface area (Å²) in [5.74, 6) is -1.32. The van der Waals surface area contributed by atoms with Crippen LogP contribution in [0.4, 0.5) is 23.4 Å². The van der Waals surface area contributed by atoms with Crippen LogP contribution in [0.2, 0.25) is 0 Å². The highest BCUT2D eigenvalue weighted by Gasteiger charge is 2.66. The van der Waals surface area contributed by atoms with Gasteiger partial charge in [0.2, 0.25) is 11.8 Å². The fraction of sp³-hybridized carbons (Fsp3) is 0.333. The van der Waals surface area contributed by atoms with Crippen molar-refractivity contribution in [3.05, 3.63) is 53.7 Å². The molecule has 192 valence electrons. The Morgan fingerprint density at radius 2 is 2.03 bits per heavy atom. The summed E-state index contributed by atoms with van der Waals surface area (Å²) in [6.07, 6.45) is -3.86. The van der Waals surface area contributed by atoms with E-state index in [0.717, 1.165) is 6.07 Å². The summed E-state index contributed by atoms with van der Waals surface area (Å²) in [4.78, 5) is 16.7. The van der Waals surface area contributed by atoms with Crippen molar-refractivity contribution >= 4 is 22.8 Å². The number of nitrogens with one attached hydrogen (secondary N) is 1. The second-order valence-electron chi connectivity index (χ2n) is 9.19. The molecule has 1 unspecified atom stereocenters. The van der Waals surface area contributed by atoms with Crippen LogP contribution in [0, 0.1) is 5.82 Å². The summed E-state index contributed by atoms with van der Waals surface area (Å²) in [6, 6.07) is 7.16. The van der Waals surface area contributed by atoms with Gasteiger partial charge in [0.1, 0.15) is 17.3 Å². The molecule has 6 rings (SSSR count). The van der Waals surface area contributed by atoms with Crippen LogP contribution < -0.4 is 10.1 Å². The monoisotopic (exact) mass is 517 g/mol. The molecule has 37 heavy (non-hydrogen) atoms. The highest BCUT2D eigenvalue weighted by molar-refractivity contribution is 5.91. The summed E-state index contributed by atoms with van der Waals surface area (Å²) in [5.41, 5.74) is -0.387. The topological polar surface area (TPSA) is 115 Å². The predicted molar refractivity (Wildman–Crippen MR) is 120 cm³/mol. The Morgan fingerprint density at radius 1 is 1.22 bits per heavy atom. The molecule has 0 radical (unpaired) electrons. The Kier molecular flexibility index (Phi) is 5.23. The molecule has 4 heterocycles. The van der Waals surface area contributed by atoms with E-state index in [1.807, 2.05) is 0 Å². The molecular weight excluding hydrogens is 498 g/mol. The van der Waals surface area contributed by atoms with Crippen LogP contribution in [0.3, 0.4) is 0 Å². The van der Waals surface area contributed by atoms with Crippen molar-refractivity contribution < 1.29 is 36.7 Å². The van der Waals surface area contributed by atoms with Crippen molar-refractivity contribution in [3.8, 4) is 17.0 Å². The smallest absolute Gasteiger partial charge is 0.401 e. The number of benzene rings is 1. The van der Waals surface area contributed by atoms with E-state index >= 15 is 0 Å². The number of anilines is 1. The van der Waals surface area contributed by atoms with Gasteiger partial charge in [-0.1, -0.05) is 17.3 Å². The number of amides is 1. The zero-order valence-electron chi connectivity index (χ0n) is 19.0. The minimum Gasteiger partial charge on any atom is -0.470 e. The van der Waals surface area contributed by atoms with E-state index in [0.29, 0.717) is 34.6 Å². The minimum atomic E-state index is -4.47. The number of nitrogens with zero attached hydrogens (tertiary/aromatic N) is 4. The first-order valence-electron chi connectivity index (χ1n) is 11.4. The first-order valence-corrected chi connectivity index (χ1v) is 11.4. The van der Waals surface area contributed by atoms with Gasteiger partial charge in [-0.2, -0.15) is 13.2 Å². The highest BCUT2D eigenvalue weighted by atomic mass is 19.4. The van der Waals surface area contributed by atoms with E-state index in [1.54, 1.807) is 23.0 Å². The van der Waals surface area contributed by atoms with E-state index in [2.05, 4.69) is 20.6 Å². The average Bonchev–Trinajstić information content (AvgIpc) is 3.22. The molecule has 1 aliphatic heterocycles. The highest BCUT2D eigenvalue weighted by Crippen LogP contribution is 2.59. The van der Waals surface area contributed by atoms with Crippen molar-refractivity contribution in [2.24, 2.45) is 0 Å². The first-order chi connectivity index (χ1) is 17.7. The number of aromatic nitrogens is 4. The lowest BCUT2D eigenvalue weighted by Crippen LogP contribution is -2.28. The maximum absolute atomic E-state index is 14.9. The van der Waals surface area contributed by atoms with Crippen LogP contribution in [-0.2, 0) is 23.2 Å². The Labute approximate surface area is 206 Å². The number of hydrogen-bond acceptors (Lipinski definition) is 7. The molecule has 3 aromatic heterocycles. The summed E-state index contributed by atoms with van der Waals surface area (Å²) in [5, 5.41) is 20.2.